The number of nitrogens with two attached hydrogens (primary N) is 2. The number of hydrogen-bond donors (Lipinski definition) is 2. The van der Waals surface area contributed by atoms with Gasteiger partial charge < -0.3 is 16.4 Å². The third kappa shape index (κ3) is 2.13. The summed E-state index contributed by atoms with van der Waals surface area (Å²) in [5.74, 6) is 1.01. The van der Waals surface area contributed by atoms with Crippen LogP contribution in [-0.2, 0) is 0 Å². The van der Waals surface area contributed by atoms with E-state index < -0.39 is 5.91 Å². The molecule has 19 heavy (non-hydrogen) atoms. The number of aromatic nitrogens is 1. The second-order valence-electron chi connectivity index (χ2n) is 5.60. The molecule has 1 saturated carbocycles. The Hall–Kier alpha value is -1.78. The van der Waals surface area contributed by atoms with Crippen molar-refractivity contribution in [2.45, 2.75) is 38.1 Å². The molecule has 0 bridgehead atoms. The number of hydrogen-bond acceptors (Lipinski definition) is 4. The van der Waals surface area contributed by atoms with Gasteiger partial charge >= 0.3 is 0 Å². The molecule has 4 N–H and O–H groups in total. The van der Waals surface area contributed by atoms with Crippen LogP contribution in [0.1, 0.15) is 42.5 Å². The normalized spacial score (nSPS) is 26.2. The number of amides is 1. The van der Waals surface area contributed by atoms with Crippen LogP contribution < -0.4 is 16.4 Å². The molecule has 1 saturated heterocycles. The maximum Gasteiger partial charge on any atom is 0.252 e. The predicted molar refractivity (Wildman–Crippen MR) is 74.9 cm³/mol. The number of pyridine rings is 1. The quantitative estimate of drug-likeness (QED) is 0.844. The van der Waals surface area contributed by atoms with Gasteiger partial charge in [-0.1, -0.05) is 12.8 Å². The van der Waals surface area contributed by atoms with Crippen molar-refractivity contribution < 1.29 is 4.79 Å². The molecule has 1 aliphatic heterocycles. The van der Waals surface area contributed by atoms with Gasteiger partial charge in [0.05, 0.1) is 17.4 Å². The zero-order valence-electron chi connectivity index (χ0n) is 11.0. The van der Waals surface area contributed by atoms with E-state index in [0.717, 1.165) is 18.3 Å². The van der Waals surface area contributed by atoms with Crippen LogP contribution in [0, 0.1) is 5.92 Å². The minimum Gasteiger partial charge on any atom is -0.397 e. The Kier molecular flexibility index (Phi) is 3.05. The summed E-state index contributed by atoms with van der Waals surface area (Å²) in [6.07, 6.45) is 7.87. The van der Waals surface area contributed by atoms with Gasteiger partial charge in [-0.3, -0.25) is 4.79 Å². The highest BCUT2D eigenvalue weighted by atomic mass is 16.1. The fourth-order valence-electron chi connectivity index (χ4n) is 3.55. The molecule has 1 aromatic heterocycles. The molecule has 102 valence electrons. The standard InChI is InChI=1S/C14H20N4O/c15-10-7-11(13(16)19)14(17-8-10)18-6-5-9-3-1-2-4-12(9)18/h7-9,12H,1-6,15H2,(H2,16,19). The third-order valence-electron chi connectivity index (χ3n) is 4.44. The minimum atomic E-state index is -0.450. The van der Waals surface area contributed by atoms with Crippen molar-refractivity contribution in [2.24, 2.45) is 11.7 Å². The van der Waals surface area contributed by atoms with Crippen molar-refractivity contribution in [2.75, 3.05) is 17.2 Å². The van der Waals surface area contributed by atoms with Crippen LogP contribution in [0.5, 0.6) is 0 Å². The Balaban J connectivity index is 1.95. The number of nitrogens with zero attached hydrogens (tertiary/aromatic N) is 2. The fourth-order valence-corrected chi connectivity index (χ4v) is 3.55. The van der Waals surface area contributed by atoms with E-state index in [1.54, 1.807) is 12.3 Å². The highest BCUT2D eigenvalue weighted by Crippen LogP contribution is 2.39. The van der Waals surface area contributed by atoms with Crippen molar-refractivity contribution in [3.63, 3.8) is 0 Å². The van der Waals surface area contributed by atoms with Crippen molar-refractivity contribution in [3.05, 3.63) is 17.8 Å². The van der Waals surface area contributed by atoms with Crippen molar-refractivity contribution in [3.8, 4) is 0 Å². The highest BCUT2D eigenvalue weighted by Gasteiger charge is 2.37. The summed E-state index contributed by atoms with van der Waals surface area (Å²) in [4.78, 5) is 18.2. The van der Waals surface area contributed by atoms with Crippen LogP contribution >= 0.6 is 0 Å². The molecule has 0 spiro atoms. The Morgan fingerprint density at radius 2 is 2.11 bits per heavy atom. The molecule has 2 atom stereocenters. The van der Waals surface area contributed by atoms with Crippen LogP contribution in [0.2, 0.25) is 0 Å². The van der Waals surface area contributed by atoms with E-state index in [4.69, 9.17) is 11.5 Å². The zero-order valence-corrected chi connectivity index (χ0v) is 11.0. The van der Waals surface area contributed by atoms with Gasteiger partial charge in [0.2, 0.25) is 0 Å². The fraction of sp³-hybridized carbons (Fsp3) is 0.571. The molecule has 2 unspecified atom stereocenters. The Bertz CT molecular complexity index is 502. The van der Waals surface area contributed by atoms with Crippen LogP contribution in [0.15, 0.2) is 12.3 Å². The van der Waals surface area contributed by atoms with Crippen molar-refractivity contribution in [1.29, 1.82) is 0 Å². The van der Waals surface area contributed by atoms with Gasteiger partial charge in [-0.25, -0.2) is 4.98 Å². The van der Waals surface area contributed by atoms with Crippen molar-refractivity contribution in [1.82, 2.24) is 4.98 Å². The van der Waals surface area contributed by atoms with Crippen LogP contribution in [-0.4, -0.2) is 23.5 Å². The predicted octanol–water partition coefficient (Wildman–Crippen LogP) is 1.53. The lowest BCUT2D eigenvalue weighted by atomic mass is 9.85. The number of rotatable bonds is 2. The molecule has 5 heteroatoms. The number of primary amides is 1. The second-order valence-corrected chi connectivity index (χ2v) is 5.60. The van der Waals surface area contributed by atoms with E-state index in [2.05, 4.69) is 9.88 Å². The summed E-state index contributed by atoms with van der Waals surface area (Å²) in [6.45, 7) is 0.965. The Morgan fingerprint density at radius 3 is 2.89 bits per heavy atom. The lowest BCUT2D eigenvalue weighted by Crippen LogP contribution is -2.36. The maximum atomic E-state index is 11.6. The molecule has 0 aromatic carbocycles. The minimum absolute atomic E-state index is 0.450. The molecule has 0 radical (unpaired) electrons. The number of carbonyl (C=O) groups excluding carboxylic acids is 1. The molecule has 2 aliphatic rings. The van der Waals surface area contributed by atoms with E-state index in [9.17, 15) is 4.79 Å². The lowest BCUT2D eigenvalue weighted by Gasteiger charge is -2.33. The van der Waals surface area contributed by atoms with E-state index >= 15 is 0 Å². The summed E-state index contributed by atoms with van der Waals surface area (Å²) in [7, 11) is 0. The average molecular weight is 260 g/mol. The van der Waals surface area contributed by atoms with Gasteiger partial charge in [0.1, 0.15) is 5.82 Å². The number of nitrogen functional groups attached to an aromatic ring is 1. The first-order chi connectivity index (χ1) is 9.16. The lowest BCUT2D eigenvalue weighted by molar-refractivity contribution is 0.100. The van der Waals surface area contributed by atoms with Crippen LogP contribution in [0.3, 0.4) is 0 Å². The van der Waals surface area contributed by atoms with Gasteiger partial charge in [-0.15, -0.1) is 0 Å². The summed E-state index contributed by atoms with van der Waals surface area (Å²) in [6, 6.07) is 2.16. The first kappa shape index (κ1) is 12.3. The molecule has 5 nitrogen and oxygen atoms in total. The van der Waals surface area contributed by atoms with Gasteiger partial charge in [0, 0.05) is 12.6 Å². The molecule has 2 heterocycles. The highest BCUT2D eigenvalue weighted by molar-refractivity contribution is 5.98. The first-order valence-corrected chi connectivity index (χ1v) is 6.99. The van der Waals surface area contributed by atoms with Gasteiger partial charge in [-0.2, -0.15) is 0 Å². The molecular weight excluding hydrogens is 240 g/mol. The number of anilines is 2. The first-order valence-electron chi connectivity index (χ1n) is 6.99. The maximum absolute atomic E-state index is 11.6. The van der Waals surface area contributed by atoms with Crippen LogP contribution in [0.4, 0.5) is 11.5 Å². The van der Waals surface area contributed by atoms with Gasteiger partial charge in [-0.05, 0) is 31.2 Å². The smallest absolute Gasteiger partial charge is 0.252 e. The van der Waals surface area contributed by atoms with E-state index in [1.165, 1.54) is 32.1 Å². The topological polar surface area (TPSA) is 85.2 Å². The van der Waals surface area contributed by atoms with E-state index in [1.807, 2.05) is 0 Å². The van der Waals surface area contributed by atoms with Gasteiger partial charge in [0.25, 0.3) is 5.91 Å². The van der Waals surface area contributed by atoms with E-state index in [0.29, 0.717) is 17.3 Å². The summed E-state index contributed by atoms with van der Waals surface area (Å²) in [5.41, 5.74) is 12.1. The second kappa shape index (κ2) is 4.72. The third-order valence-corrected chi connectivity index (χ3v) is 4.44. The number of fused-ring (bicyclic) bond motifs is 1. The Morgan fingerprint density at radius 1 is 1.32 bits per heavy atom. The molecule has 1 aliphatic carbocycles. The van der Waals surface area contributed by atoms with E-state index in [-0.39, 0.29) is 0 Å². The molecule has 2 fully saturated rings. The monoisotopic (exact) mass is 260 g/mol. The summed E-state index contributed by atoms with van der Waals surface area (Å²) >= 11 is 0. The van der Waals surface area contributed by atoms with Gasteiger partial charge in [0.15, 0.2) is 0 Å². The molecular formula is C14H20N4O. The average Bonchev–Trinajstić information content (AvgIpc) is 2.82. The zero-order chi connectivity index (χ0) is 13.4. The van der Waals surface area contributed by atoms with Crippen molar-refractivity contribution >= 4 is 17.4 Å². The van der Waals surface area contributed by atoms with Crippen LogP contribution in [0.25, 0.3) is 0 Å². The molecule has 3 rings (SSSR count). The summed E-state index contributed by atoms with van der Waals surface area (Å²) < 4.78 is 0. The SMILES string of the molecule is NC(=O)c1cc(N)cnc1N1CCC2CCCCC21. The number of carbonyl (C=O) groups is 1. The Labute approximate surface area is 113 Å². The summed E-state index contributed by atoms with van der Waals surface area (Å²) in [5, 5.41) is 0. The molecule has 1 amide bonds. The molecule has 1 aromatic rings. The largest absolute Gasteiger partial charge is 0.397 e.